The predicted octanol–water partition coefficient (Wildman–Crippen LogP) is 6.85. The molecule has 1 aromatic rings. The Morgan fingerprint density at radius 2 is 1.87 bits per heavy atom. The molecule has 5 nitrogen and oxygen atoms in total. The summed E-state index contributed by atoms with van der Waals surface area (Å²) in [4.78, 5) is 35.4. The fraction of sp³-hybridized carbons (Fsp3) is 0.690. The molecule has 4 atom stereocenters. The van der Waals surface area contributed by atoms with Crippen molar-refractivity contribution in [3.05, 3.63) is 35.6 Å². The van der Waals surface area contributed by atoms with Crippen molar-refractivity contribution in [1.82, 2.24) is 9.80 Å². The van der Waals surface area contributed by atoms with Gasteiger partial charge in [-0.05, 0) is 71.9 Å². The largest absolute Gasteiger partial charge is 0.309 e. The minimum atomic E-state index is -0.297. The van der Waals surface area contributed by atoms with Gasteiger partial charge in [-0.3, -0.25) is 19.5 Å². The number of benzene rings is 1. The van der Waals surface area contributed by atoms with E-state index in [2.05, 4.69) is 41.3 Å². The van der Waals surface area contributed by atoms with Crippen LogP contribution in [0.15, 0.2) is 29.3 Å². The van der Waals surface area contributed by atoms with E-state index in [1.165, 1.54) is 12.1 Å². The van der Waals surface area contributed by atoms with E-state index < -0.39 is 0 Å². The van der Waals surface area contributed by atoms with Gasteiger partial charge in [0.15, 0.2) is 2.21 Å². The zero-order valence-electron chi connectivity index (χ0n) is 23.3. The summed E-state index contributed by atoms with van der Waals surface area (Å²) in [5.41, 5.74) is 1.89. The highest BCUT2D eigenvalue weighted by Crippen LogP contribution is 2.51. The lowest BCUT2D eigenvalue weighted by Crippen LogP contribution is -2.48. The van der Waals surface area contributed by atoms with Crippen LogP contribution in [0.5, 0.6) is 0 Å². The lowest BCUT2D eigenvalue weighted by Gasteiger charge is -2.36. The number of Topliss-reactive ketones (excluding diaryl/α,β-unsaturated/α-hetero) is 1. The lowest BCUT2D eigenvalue weighted by molar-refractivity contribution is -0.131. The summed E-state index contributed by atoms with van der Waals surface area (Å²) >= 11 is 6.17. The Morgan fingerprint density at radius 1 is 1.18 bits per heavy atom. The average Bonchev–Trinajstić information content (AvgIpc) is 3.26. The summed E-state index contributed by atoms with van der Waals surface area (Å²) in [6.07, 6.45) is 4.38. The van der Waals surface area contributed by atoms with E-state index in [9.17, 15) is 14.0 Å². The Morgan fingerprint density at radius 3 is 2.53 bits per heavy atom. The molecule has 3 unspecified atom stereocenters. The minimum Gasteiger partial charge on any atom is -0.309 e. The third kappa shape index (κ3) is 8.67. The van der Waals surface area contributed by atoms with Crippen LogP contribution in [0, 0.1) is 17.7 Å². The Hall–Kier alpha value is -0.650. The Balaban J connectivity index is 1.67. The summed E-state index contributed by atoms with van der Waals surface area (Å²) in [5.74, 6) is 2.32. The van der Waals surface area contributed by atoms with E-state index >= 15 is 0 Å². The van der Waals surface area contributed by atoms with Gasteiger partial charge >= 0.3 is 0 Å². The van der Waals surface area contributed by atoms with Gasteiger partial charge in [0, 0.05) is 49.8 Å². The van der Waals surface area contributed by atoms with Crippen LogP contribution in [-0.4, -0.2) is 73.6 Å². The van der Waals surface area contributed by atoms with Gasteiger partial charge in [-0.2, -0.15) is 0 Å². The fourth-order valence-corrected chi connectivity index (χ4v) is 10.0. The maximum absolute atomic E-state index is 13.7. The van der Waals surface area contributed by atoms with Crippen molar-refractivity contribution in [3.8, 4) is 0 Å². The fourth-order valence-electron chi connectivity index (χ4n) is 5.55. The molecule has 1 aromatic carbocycles. The van der Waals surface area contributed by atoms with Crippen LogP contribution in [0.3, 0.4) is 0 Å². The average molecular weight is 676 g/mol. The summed E-state index contributed by atoms with van der Waals surface area (Å²) in [5, 5.41) is 0. The van der Waals surface area contributed by atoms with Crippen LogP contribution < -0.4 is 0 Å². The molecule has 0 radical (unpaired) electrons. The molecule has 3 rings (SSSR count). The second kappa shape index (κ2) is 15.4. The number of hydrogen-bond donors (Lipinski definition) is 0. The highest BCUT2D eigenvalue weighted by atomic mass is 127. The van der Waals surface area contributed by atoms with Crippen molar-refractivity contribution in [2.45, 2.75) is 67.9 Å². The number of hydrogen-bond acceptors (Lipinski definition) is 6. The quantitative estimate of drug-likeness (QED) is 0.0753. The van der Waals surface area contributed by atoms with Gasteiger partial charge < -0.3 is 4.90 Å². The van der Waals surface area contributed by atoms with Gasteiger partial charge in [-0.1, -0.05) is 45.7 Å². The van der Waals surface area contributed by atoms with Gasteiger partial charge in [-0.25, -0.2) is 4.39 Å². The molecule has 0 bridgehead atoms. The number of aliphatic imine (C=N–C) groups is 1. The number of halogens is 2. The van der Waals surface area contributed by atoms with Crippen LogP contribution in [0.4, 0.5) is 4.39 Å². The SMILES string of the molecule is CCC[C@@H](C)CC(c1ccc(F)cc1)C(C(=O)CC)C(C)=NCCCN1CCSC2(I)SCCN2C(=O)C1. The summed E-state index contributed by atoms with van der Waals surface area (Å²) in [7, 11) is 0. The van der Waals surface area contributed by atoms with E-state index in [4.69, 9.17) is 4.99 Å². The third-order valence-corrected chi connectivity index (χ3v) is 12.6. The number of amides is 1. The maximum atomic E-state index is 13.7. The van der Waals surface area contributed by atoms with Gasteiger partial charge in [0.25, 0.3) is 0 Å². The zero-order valence-corrected chi connectivity index (χ0v) is 27.0. The van der Waals surface area contributed by atoms with Gasteiger partial charge in [0.1, 0.15) is 11.6 Å². The van der Waals surface area contributed by atoms with Crippen LogP contribution in [-0.2, 0) is 9.59 Å². The number of ketones is 1. The van der Waals surface area contributed by atoms with Crippen LogP contribution in [0.1, 0.15) is 71.3 Å². The summed E-state index contributed by atoms with van der Waals surface area (Å²) < 4.78 is 13.6. The van der Waals surface area contributed by atoms with Crippen molar-refractivity contribution in [1.29, 1.82) is 0 Å². The Kier molecular flexibility index (Phi) is 12.9. The number of alkyl halides is 1. The molecule has 0 aliphatic carbocycles. The van der Waals surface area contributed by atoms with Gasteiger partial charge in [0.2, 0.25) is 5.91 Å². The first-order valence-corrected chi connectivity index (χ1v) is 17.0. The molecule has 0 N–H and O–H groups in total. The van der Waals surface area contributed by atoms with Gasteiger partial charge in [-0.15, -0.1) is 23.5 Å². The second-order valence-corrected chi connectivity index (χ2v) is 16.3. The second-order valence-electron chi connectivity index (χ2n) is 10.5. The number of carbonyl (C=O) groups is 2. The van der Waals surface area contributed by atoms with E-state index in [1.807, 2.05) is 54.4 Å². The third-order valence-electron chi connectivity index (χ3n) is 7.54. The first-order chi connectivity index (χ1) is 18.2. The lowest BCUT2D eigenvalue weighted by atomic mass is 9.75. The standard InChI is InChI=1S/C29H43FIN3O2S2/c1-5-8-21(3)19-25(23-9-11-24(30)12-10-23)28(26(35)6-2)22(4)32-13-7-14-33-15-17-37-29(31)34(16-18-38-29)27(36)20-33/h9-12,21,25,28H,5-8,13-20H2,1-4H3/t21-,25?,28?,29?/m1/s1. The first-order valence-electron chi connectivity index (χ1n) is 14.0. The first kappa shape index (κ1) is 31.9. The molecule has 0 saturated carbocycles. The summed E-state index contributed by atoms with van der Waals surface area (Å²) in [6.45, 7) is 12.0. The van der Waals surface area contributed by atoms with E-state index in [-0.39, 0.29) is 31.6 Å². The highest BCUT2D eigenvalue weighted by molar-refractivity contribution is 14.1. The molecular weight excluding hydrogens is 632 g/mol. The van der Waals surface area contributed by atoms with E-state index in [1.54, 1.807) is 0 Å². The van der Waals surface area contributed by atoms with E-state index in [0.717, 1.165) is 68.1 Å². The molecule has 2 heterocycles. The molecule has 2 aliphatic rings. The smallest absolute Gasteiger partial charge is 0.239 e. The number of thioether (sulfide) groups is 2. The molecular formula is C29H43FIN3O2S2. The van der Waals surface area contributed by atoms with Crippen molar-refractivity contribution in [3.63, 3.8) is 0 Å². The molecule has 0 aromatic heterocycles. The molecule has 212 valence electrons. The van der Waals surface area contributed by atoms with Crippen molar-refractivity contribution in [2.75, 3.05) is 44.2 Å². The summed E-state index contributed by atoms with van der Waals surface area (Å²) in [6, 6.07) is 6.67. The number of nitrogens with zero attached hydrogens (tertiary/aromatic N) is 3. The number of carbonyl (C=O) groups excluding carboxylic acids is 2. The number of rotatable bonds is 13. The van der Waals surface area contributed by atoms with Crippen LogP contribution in [0.25, 0.3) is 0 Å². The Bertz CT molecular complexity index is 964. The van der Waals surface area contributed by atoms with Gasteiger partial charge in [0.05, 0.1) is 12.5 Å². The molecule has 0 spiro atoms. The normalized spacial score (nSPS) is 23.5. The predicted molar refractivity (Wildman–Crippen MR) is 169 cm³/mol. The minimum absolute atomic E-state index is 0.00997. The molecule has 2 saturated heterocycles. The topological polar surface area (TPSA) is 53.0 Å². The molecule has 2 fully saturated rings. The molecule has 38 heavy (non-hydrogen) atoms. The highest BCUT2D eigenvalue weighted by Gasteiger charge is 2.44. The van der Waals surface area contributed by atoms with Crippen molar-refractivity contribution in [2.24, 2.45) is 16.8 Å². The maximum Gasteiger partial charge on any atom is 0.239 e. The molecule has 2 aliphatic heterocycles. The number of fused-ring (bicyclic) bond motifs is 1. The molecule has 1 amide bonds. The van der Waals surface area contributed by atoms with Crippen LogP contribution >= 0.6 is 46.1 Å². The monoisotopic (exact) mass is 675 g/mol. The molecule has 9 heteroatoms. The van der Waals surface area contributed by atoms with Crippen molar-refractivity contribution >= 4 is 63.5 Å². The van der Waals surface area contributed by atoms with Crippen molar-refractivity contribution < 1.29 is 14.0 Å². The van der Waals surface area contributed by atoms with Crippen LogP contribution in [0.2, 0.25) is 0 Å². The van der Waals surface area contributed by atoms with E-state index in [0.29, 0.717) is 25.4 Å². The Labute approximate surface area is 250 Å². The zero-order chi connectivity index (χ0) is 27.7.